The maximum atomic E-state index is 5.72. The Hall–Kier alpha value is -1.34. The molecular weight excluding hydrogens is 170 g/mol. The Morgan fingerprint density at radius 2 is 1.86 bits per heavy atom. The fraction of sp³-hybridized carbons (Fsp3) is 0.231. The van der Waals surface area contributed by atoms with E-state index in [1.54, 1.807) is 0 Å². The van der Waals surface area contributed by atoms with E-state index in [4.69, 9.17) is 5.73 Å². The summed E-state index contributed by atoms with van der Waals surface area (Å²) in [7, 11) is 0. The molecule has 2 rings (SSSR count). The summed E-state index contributed by atoms with van der Waals surface area (Å²) in [5.74, 6) is 0. The van der Waals surface area contributed by atoms with Gasteiger partial charge in [0.05, 0.1) is 0 Å². The molecule has 0 amide bonds. The van der Waals surface area contributed by atoms with E-state index in [9.17, 15) is 0 Å². The Kier molecular flexibility index (Phi) is 2.51. The van der Waals surface area contributed by atoms with Crippen LogP contribution < -0.4 is 5.73 Å². The van der Waals surface area contributed by atoms with Gasteiger partial charge in [0.15, 0.2) is 0 Å². The van der Waals surface area contributed by atoms with Gasteiger partial charge in [-0.05, 0) is 28.3 Å². The van der Waals surface area contributed by atoms with Crippen LogP contribution in [0.5, 0.6) is 0 Å². The van der Waals surface area contributed by atoms with Crippen LogP contribution in [0.25, 0.3) is 10.8 Å². The van der Waals surface area contributed by atoms with Gasteiger partial charge in [-0.15, -0.1) is 0 Å². The first-order valence-corrected chi connectivity index (χ1v) is 5.06. The van der Waals surface area contributed by atoms with Crippen molar-refractivity contribution in [2.24, 2.45) is 5.73 Å². The SMILES string of the molecule is CCc1c(CN)ccc2ccccc12. The number of hydrogen-bond donors (Lipinski definition) is 1. The van der Waals surface area contributed by atoms with Gasteiger partial charge in [-0.1, -0.05) is 43.3 Å². The summed E-state index contributed by atoms with van der Waals surface area (Å²) in [4.78, 5) is 0. The van der Waals surface area contributed by atoms with Crippen molar-refractivity contribution in [3.8, 4) is 0 Å². The largest absolute Gasteiger partial charge is 0.326 e. The third-order valence-corrected chi connectivity index (χ3v) is 2.71. The summed E-state index contributed by atoms with van der Waals surface area (Å²) in [5.41, 5.74) is 8.38. The monoisotopic (exact) mass is 185 g/mol. The van der Waals surface area contributed by atoms with Crippen LogP contribution in [-0.2, 0) is 13.0 Å². The van der Waals surface area contributed by atoms with Crippen LogP contribution in [-0.4, -0.2) is 0 Å². The average Bonchev–Trinajstić information content (AvgIpc) is 2.27. The molecule has 0 aliphatic heterocycles. The zero-order chi connectivity index (χ0) is 9.97. The lowest BCUT2D eigenvalue weighted by atomic mass is 9.97. The maximum absolute atomic E-state index is 5.72. The van der Waals surface area contributed by atoms with Gasteiger partial charge in [-0.2, -0.15) is 0 Å². The van der Waals surface area contributed by atoms with Gasteiger partial charge in [0.1, 0.15) is 0 Å². The zero-order valence-electron chi connectivity index (χ0n) is 8.46. The van der Waals surface area contributed by atoms with E-state index < -0.39 is 0 Å². The Labute approximate surface area is 84.5 Å². The standard InChI is InChI=1S/C13H15N/c1-2-12-11(9-14)8-7-10-5-3-4-6-13(10)12/h3-8H,2,9,14H2,1H3. The quantitative estimate of drug-likeness (QED) is 0.765. The second-order valence-electron chi connectivity index (χ2n) is 3.48. The lowest BCUT2D eigenvalue weighted by molar-refractivity contribution is 1.01. The predicted octanol–water partition coefficient (Wildman–Crippen LogP) is 2.86. The molecule has 0 atom stereocenters. The summed E-state index contributed by atoms with van der Waals surface area (Å²) < 4.78 is 0. The van der Waals surface area contributed by atoms with Crippen molar-refractivity contribution in [2.75, 3.05) is 0 Å². The molecule has 72 valence electrons. The van der Waals surface area contributed by atoms with Gasteiger partial charge in [-0.25, -0.2) is 0 Å². The van der Waals surface area contributed by atoms with E-state index in [0.29, 0.717) is 6.54 Å². The van der Waals surface area contributed by atoms with Crippen molar-refractivity contribution in [1.82, 2.24) is 0 Å². The van der Waals surface area contributed by atoms with E-state index in [1.807, 2.05) is 0 Å². The van der Waals surface area contributed by atoms with Crippen LogP contribution in [0.2, 0.25) is 0 Å². The second-order valence-corrected chi connectivity index (χ2v) is 3.48. The number of rotatable bonds is 2. The molecule has 0 bridgehead atoms. The predicted molar refractivity (Wildman–Crippen MR) is 61.2 cm³/mol. The normalized spacial score (nSPS) is 10.7. The van der Waals surface area contributed by atoms with E-state index in [0.717, 1.165) is 6.42 Å². The molecule has 0 heterocycles. The van der Waals surface area contributed by atoms with Gasteiger partial charge in [0, 0.05) is 6.54 Å². The lowest BCUT2D eigenvalue weighted by Crippen LogP contribution is -2.01. The number of aryl methyl sites for hydroxylation is 1. The molecule has 1 heteroatoms. The molecular formula is C13H15N. The molecule has 0 radical (unpaired) electrons. The maximum Gasteiger partial charge on any atom is 0.0181 e. The number of benzene rings is 2. The van der Waals surface area contributed by atoms with Crippen LogP contribution >= 0.6 is 0 Å². The summed E-state index contributed by atoms with van der Waals surface area (Å²) in [6.45, 7) is 2.81. The van der Waals surface area contributed by atoms with E-state index >= 15 is 0 Å². The summed E-state index contributed by atoms with van der Waals surface area (Å²) in [6, 6.07) is 12.8. The van der Waals surface area contributed by atoms with Crippen molar-refractivity contribution >= 4 is 10.8 Å². The van der Waals surface area contributed by atoms with Crippen LogP contribution in [0.1, 0.15) is 18.1 Å². The molecule has 14 heavy (non-hydrogen) atoms. The van der Waals surface area contributed by atoms with Crippen LogP contribution in [0.4, 0.5) is 0 Å². The smallest absolute Gasteiger partial charge is 0.0181 e. The Morgan fingerprint density at radius 1 is 1.07 bits per heavy atom. The Bertz CT molecular complexity index is 446. The molecule has 0 saturated heterocycles. The van der Waals surface area contributed by atoms with Gasteiger partial charge < -0.3 is 5.73 Å². The first kappa shape index (κ1) is 9.22. The molecule has 0 aromatic heterocycles. The summed E-state index contributed by atoms with van der Waals surface area (Å²) in [6.07, 6.45) is 1.05. The Morgan fingerprint density at radius 3 is 2.57 bits per heavy atom. The van der Waals surface area contributed by atoms with Crippen molar-refractivity contribution in [3.05, 3.63) is 47.5 Å². The third-order valence-electron chi connectivity index (χ3n) is 2.71. The average molecular weight is 185 g/mol. The van der Waals surface area contributed by atoms with Gasteiger partial charge >= 0.3 is 0 Å². The minimum Gasteiger partial charge on any atom is -0.326 e. The molecule has 0 saturated carbocycles. The fourth-order valence-electron chi connectivity index (χ4n) is 1.99. The number of fused-ring (bicyclic) bond motifs is 1. The van der Waals surface area contributed by atoms with Crippen LogP contribution in [0, 0.1) is 0 Å². The van der Waals surface area contributed by atoms with Gasteiger partial charge in [0.25, 0.3) is 0 Å². The zero-order valence-corrected chi connectivity index (χ0v) is 8.46. The highest BCUT2D eigenvalue weighted by atomic mass is 14.5. The molecule has 2 N–H and O–H groups in total. The molecule has 0 spiro atoms. The topological polar surface area (TPSA) is 26.0 Å². The molecule has 1 nitrogen and oxygen atoms in total. The van der Waals surface area contributed by atoms with Crippen molar-refractivity contribution in [2.45, 2.75) is 19.9 Å². The van der Waals surface area contributed by atoms with Crippen LogP contribution in [0.15, 0.2) is 36.4 Å². The van der Waals surface area contributed by atoms with Crippen molar-refractivity contribution < 1.29 is 0 Å². The van der Waals surface area contributed by atoms with Gasteiger partial charge in [0.2, 0.25) is 0 Å². The molecule has 2 aromatic rings. The fourth-order valence-corrected chi connectivity index (χ4v) is 1.99. The molecule has 0 aliphatic carbocycles. The minimum absolute atomic E-state index is 0.633. The van der Waals surface area contributed by atoms with Crippen LogP contribution in [0.3, 0.4) is 0 Å². The van der Waals surface area contributed by atoms with Gasteiger partial charge in [-0.3, -0.25) is 0 Å². The number of hydrogen-bond acceptors (Lipinski definition) is 1. The first-order valence-electron chi connectivity index (χ1n) is 5.06. The third kappa shape index (κ3) is 1.40. The number of nitrogens with two attached hydrogens (primary N) is 1. The highest BCUT2D eigenvalue weighted by Gasteiger charge is 2.03. The highest BCUT2D eigenvalue weighted by molar-refractivity contribution is 5.86. The minimum atomic E-state index is 0.633. The molecule has 2 aromatic carbocycles. The molecule has 0 fully saturated rings. The molecule has 0 unspecified atom stereocenters. The Balaban J connectivity index is 2.77. The second kappa shape index (κ2) is 3.81. The van der Waals surface area contributed by atoms with E-state index in [-0.39, 0.29) is 0 Å². The summed E-state index contributed by atoms with van der Waals surface area (Å²) >= 11 is 0. The van der Waals surface area contributed by atoms with Crippen molar-refractivity contribution in [1.29, 1.82) is 0 Å². The van der Waals surface area contributed by atoms with E-state index in [1.165, 1.54) is 21.9 Å². The highest BCUT2D eigenvalue weighted by Crippen LogP contribution is 2.22. The van der Waals surface area contributed by atoms with E-state index in [2.05, 4.69) is 43.3 Å². The lowest BCUT2D eigenvalue weighted by Gasteiger charge is -2.09. The van der Waals surface area contributed by atoms with Crippen molar-refractivity contribution in [3.63, 3.8) is 0 Å². The summed E-state index contributed by atoms with van der Waals surface area (Å²) in [5, 5.41) is 2.65. The molecule has 0 aliphatic rings. The first-order chi connectivity index (χ1) is 6.86.